The lowest BCUT2D eigenvalue weighted by Gasteiger charge is -2.16. The molecule has 26 heavy (non-hydrogen) atoms. The minimum Gasteiger partial charge on any atom is -0.480 e. The van der Waals surface area contributed by atoms with Crippen molar-refractivity contribution in [2.45, 2.75) is 30.2 Å². The van der Waals surface area contributed by atoms with E-state index >= 15 is 0 Å². The van der Waals surface area contributed by atoms with E-state index in [0.29, 0.717) is 6.42 Å². The number of benzene rings is 1. The highest BCUT2D eigenvalue weighted by Crippen LogP contribution is 2.33. The Balaban J connectivity index is 1.70. The summed E-state index contributed by atoms with van der Waals surface area (Å²) in [5, 5.41) is 15.2. The molecular formula is C17H18N4O4S. The first-order chi connectivity index (χ1) is 12.5. The number of rotatable bonds is 7. The second kappa shape index (κ2) is 7.72. The summed E-state index contributed by atoms with van der Waals surface area (Å²) < 4.78 is 0. The van der Waals surface area contributed by atoms with E-state index in [-0.39, 0.29) is 41.1 Å². The maximum atomic E-state index is 12.6. The molecule has 1 aromatic rings. The molecule has 0 bridgehead atoms. The van der Waals surface area contributed by atoms with Crippen LogP contribution < -0.4 is 10.6 Å². The molecule has 2 fully saturated rings. The number of hydrogen-bond acceptors (Lipinski definition) is 4. The van der Waals surface area contributed by atoms with Crippen LogP contribution in [-0.4, -0.2) is 56.5 Å². The molecule has 2 amide bonds. The van der Waals surface area contributed by atoms with Crippen LogP contribution in [0.2, 0.25) is 0 Å². The lowest BCUT2D eigenvalue weighted by molar-refractivity contribution is -0.139. The summed E-state index contributed by atoms with van der Waals surface area (Å²) in [6.45, 7) is 0. The lowest BCUT2D eigenvalue weighted by atomic mass is 9.90. The van der Waals surface area contributed by atoms with Crippen LogP contribution >= 0.6 is 11.8 Å². The van der Waals surface area contributed by atoms with Gasteiger partial charge in [0.05, 0.1) is 12.1 Å². The molecule has 8 nitrogen and oxygen atoms in total. The summed E-state index contributed by atoms with van der Waals surface area (Å²) in [6, 6.07) is 7.89. The normalized spacial score (nSPS) is 24.8. The van der Waals surface area contributed by atoms with Gasteiger partial charge in [-0.3, -0.25) is 9.59 Å². The lowest BCUT2D eigenvalue weighted by Crippen LogP contribution is -2.38. The van der Waals surface area contributed by atoms with Crippen molar-refractivity contribution in [3.8, 4) is 0 Å². The molecule has 136 valence electrons. The minimum atomic E-state index is -1.53. The number of nitrogens with one attached hydrogen (secondary N) is 2. The van der Waals surface area contributed by atoms with E-state index in [1.165, 1.54) is 12.1 Å². The number of carboxylic acids is 1. The molecule has 0 aromatic heterocycles. The summed E-state index contributed by atoms with van der Waals surface area (Å²) in [7, 11) is 0. The number of amides is 2. The molecule has 3 rings (SSSR count). The molecule has 4 atom stereocenters. The van der Waals surface area contributed by atoms with Crippen LogP contribution in [0.4, 0.5) is 4.79 Å². The zero-order valence-corrected chi connectivity index (χ0v) is 14.6. The van der Waals surface area contributed by atoms with E-state index in [9.17, 15) is 25.0 Å². The van der Waals surface area contributed by atoms with Crippen LogP contribution in [0.3, 0.4) is 0 Å². The van der Waals surface area contributed by atoms with Crippen LogP contribution in [0.15, 0.2) is 30.3 Å². The van der Waals surface area contributed by atoms with Crippen molar-refractivity contribution in [1.82, 2.24) is 10.6 Å². The summed E-state index contributed by atoms with van der Waals surface area (Å²) in [5.41, 5.74) is 9.51. The van der Waals surface area contributed by atoms with Gasteiger partial charge in [0.25, 0.3) is 5.71 Å². The van der Waals surface area contributed by atoms with E-state index in [4.69, 9.17) is 0 Å². The van der Waals surface area contributed by atoms with Gasteiger partial charge in [0, 0.05) is 23.0 Å². The zero-order valence-electron chi connectivity index (χ0n) is 13.8. The van der Waals surface area contributed by atoms with Crippen LogP contribution in [0.1, 0.15) is 23.2 Å². The Morgan fingerprint density at radius 2 is 2.04 bits per heavy atom. The molecule has 0 radical (unpaired) electrons. The Bertz CT molecular complexity index is 778. The Labute approximate surface area is 154 Å². The number of Topliss-reactive ketones (excluding diaryl/α,β-unsaturated/α-hetero) is 1. The highest BCUT2D eigenvalue weighted by atomic mass is 32.2. The van der Waals surface area contributed by atoms with E-state index in [1.54, 1.807) is 30.0 Å². The standard InChI is InChI=1S/C17H18N4O4S/c18-21-10(6-7-12-14-11(8-26-12)19-17(25)20-14)13(16(23)24)15(22)9-4-2-1-3-5-9/h1-5,11-14H,6-8H2,(H,23,24)(H2,19,20,25)/t11-,12-,13?,14-/m0/s1. The third kappa shape index (κ3) is 3.63. The first-order valence-corrected chi connectivity index (χ1v) is 9.27. The quantitative estimate of drug-likeness (QED) is 0.165. The fraction of sp³-hybridized carbons (Fsp3) is 0.412. The largest absolute Gasteiger partial charge is 0.480 e. The summed E-state index contributed by atoms with van der Waals surface area (Å²) >= 11 is 1.67. The fourth-order valence-electron chi connectivity index (χ4n) is 3.36. The number of urea groups is 1. The average molecular weight is 374 g/mol. The van der Waals surface area contributed by atoms with E-state index in [0.717, 1.165) is 5.75 Å². The second-order valence-electron chi connectivity index (χ2n) is 6.25. The molecule has 2 aliphatic rings. The van der Waals surface area contributed by atoms with E-state index < -0.39 is 17.7 Å². The van der Waals surface area contributed by atoms with Crippen molar-refractivity contribution >= 4 is 35.3 Å². The Morgan fingerprint density at radius 1 is 1.31 bits per heavy atom. The van der Waals surface area contributed by atoms with Gasteiger partial charge >= 0.3 is 12.0 Å². The SMILES string of the molecule is [N-]=[N+]=C(CC[C@@H]1SC[C@@H]2NC(=O)N[C@@H]21)C(C(=O)O)C(=O)c1ccccc1. The predicted molar refractivity (Wildman–Crippen MR) is 95.2 cm³/mol. The zero-order chi connectivity index (χ0) is 18.7. The Morgan fingerprint density at radius 3 is 2.69 bits per heavy atom. The van der Waals surface area contributed by atoms with Crippen molar-refractivity contribution in [2.24, 2.45) is 5.92 Å². The Hall–Kier alpha value is -2.64. The van der Waals surface area contributed by atoms with Gasteiger partial charge < -0.3 is 21.3 Å². The molecule has 0 aliphatic carbocycles. The van der Waals surface area contributed by atoms with Crippen molar-refractivity contribution in [3.63, 3.8) is 0 Å². The Kier molecular flexibility index (Phi) is 5.39. The van der Waals surface area contributed by atoms with Crippen molar-refractivity contribution in [3.05, 3.63) is 41.4 Å². The molecule has 1 unspecified atom stereocenters. The third-order valence-corrected chi connectivity index (χ3v) is 6.16. The molecule has 3 N–H and O–H groups in total. The van der Waals surface area contributed by atoms with Gasteiger partial charge in [-0.05, 0) is 6.42 Å². The van der Waals surface area contributed by atoms with Gasteiger partial charge in [-0.15, -0.1) is 0 Å². The fourth-order valence-corrected chi connectivity index (χ4v) is 4.86. The van der Waals surface area contributed by atoms with E-state index in [1.807, 2.05) is 0 Å². The third-order valence-electron chi connectivity index (χ3n) is 4.65. The van der Waals surface area contributed by atoms with Crippen LogP contribution in [-0.2, 0) is 4.79 Å². The molecule has 0 spiro atoms. The topological polar surface area (TPSA) is 132 Å². The number of aliphatic carboxylic acids is 1. The van der Waals surface area contributed by atoms with Gasteiger partial charge in [0.15, 0.2) is 5.78 Å². The van der Waals surface area contributed by atoms with Gasteiger partial charge in [0.2, 0.25) is 5.92 Å². The van der Waals surface area contributed by atoms with Gasteiger partial charge in [-0.25, -0.2) is 4.79 Å². The maximum Gasteiger partial charge on any atom is 0.326 e. The monoisotopic (exact) mass is 374 g/mol. The number of hydrogen-bond donors (Lipinski definition) is 3. The molecule has 2 heterocycles. The number of ketones is 1. The molecule has 1 aromatic carbocycles. The number of carboxylic acid groups (broad SMARTS) is 1. The summed E-state index contributed by atoms with van der Waals surface area (Å²) in [4.78, 5) is 38.8. The first-order valence-electron chi connectivity index (χ1n) is 8.22. The number of carbonyl (C=O) groups excluding carboxylic acids is 2. The number of nitrogens with zero attached hydrogens (tertiary/aromatic N) is 2. The highest BCUT2D eigenvalue weighted by Gasteiger charge is 2.44. The van der Waals surface area contributed by atoms with Gasteiger partial charge in [0.1, 0.15) is 0 Å². The molecule has 0 saturated carbocycles. The van der Waals surface area contributed by atoms with Gasteiger partial charge in [-0.1, -0.05) is 30.3 Å². The minimum absolute atomic E-state index is 0.0412. The number of thioether (sulfide) groups is 1. The summed E-state index contributed by atoms with van der Waals surface area (Å²) in [6.07, 6.45) is 0.655. The molecule has 2 saturated heterocycles. The van der Waals surface area contributed by atoms with E-state index in [2.05, 4.69) is 15.4 Å². The first kappa shape index (κ1) is 18.2. The van der Waals surface area contributed by atoms with Crippen molar-refractivity contribution < 1.29 is 24.3 Å². The second-order valence-corrected chi connectivity index (χ2v) is 7.53. The summed E-state index contributed by atoms with van der Waals surface area (Å²) in [5.74, 6) is -2.72. The maximum absolute atomic E-state index is 12.6. The van der Waals surface area contributed by atoms with Crippen molar-refractivity contribution in [2.75, 3.05) is 5.75 Å². The molecule has 9 heteroatoms. The molecular weight excluding hydrogens is 356 g/mol. The predicted octanol–water partition coefficient (Wildman–Crippen LogP) is 1.19. The number of carbonyl (C=O) groups is 3. The van der Waals surface area contributed by atoms with Gasteiger partial charge in [-0.2, -0.15) is 16.6 Å². The van der Waals surface area contributed by atoms with Crippen molar-refractivity contribution in [1.29, 1.82) is 0 Å². The van der Waals surface area contributed by atoms with Crippen LogP contribution in [0.25, 0.3) is 5.53 Å². The van der Waals surface area contributed by atoms with Crippen LogP contribution in [0.5, 0.6) is 0 Å². The smallest absolute Gasteiger partial charge is 0.326 e. The number of fused-ring (bicyclic) bond motifs is 1. The molecule has 2 aliphatic heterocycles. The average Bonchev–Trinajstić information content (AvgIpc) is 3.17. The van der Waals surface area contributed by atoms with Crippen LogP contribution in [0, 0.1) is 5.92 Å². The highest BCUT2D eigenvalue weighted by molar-refractivity contribution is 8.00.